The molecule has 0 aliphatic carbocycles. The van der Waals surface area contributed by atoms with Gasteiger partial charge in [-0.05, 0) is 25.1 Å². The average molecular weight is 315 g/mol. The average Bonchev–Trinajstić information content (AvgIpc) is 2.49. The number of ether oxygens (including phenoxy) is 1. The monoisotopic (exact) mass is 315 g/mol. The third-order valence-electron chi connectivity index (χ3n) is 3.03. The van der Waals surface area contributed by atoms with E-state index in [9.17, 15) is 9.59 Å². The zero-order valence-electron chi connectivity index (χ0n) is 12.5. The Morgan fingerprint density at radius 1 is 1.22 bits per heavy atom. The molecule has 0 unspecified atom stereocenters. The fourth-order valence-corrected chi connectivity index (χ4v) is 1.92. The molecule has 2 rings (SSSR count). The van der Waals surface area contributed by atoms with E-state index in [4.69, 9.17) is 21.9 Å². The van der Waals surface area contributed by atoms with Crippen molar-refractivity contribution in [2.75, 3.05) is 23.4 Å². The number of carbonyl (C=O) groups is 2. The first-order chi connectivity index (χ1) is 10.9. The molecule has 0 saturated heterocycles. The summed E-state index contributed by atoms with van der Waals surface area (Å²) in [5.74, 6) is -1.41. The number of aromatic nitrogens is 1. The molecule has 0 fully saturated rings. The Kier molecular flexibility index (Phi) is 4.65. The third-order valence-corrected chi connectivity index (χ3v) is 3.03. The van der Waals surface area contributed by atoms with Gasteiger partial charge < -0.3 is 27.3 Å². The van der Waals surface area contributed by atoms with Gasteiger partial charge in [-0.2, -0.15) is 0 Å². The maximum atomic E-state index is 12.1. The van der Waals surface area contributed by atoms with Crippen molar-refractivity contribution in [2.24, 2.45) is 5.73 Å². The van der Waals surface area contributed by atoms with E-state index >= 15 is 0 Å². The molecule has 8 heteroatoms. The Balaban J connectivity index is 2.52. The van der Waals surface area contributed by atoms with Crippen LogP contribution in [0.25, 0.3) is 0 Å². The molecule has 1 aromatic heterocycles. The lowest BCUT2D eigenvalue weighted by Crippen LogP contribution is -2.18. The van der Waals surface area contributed by atoms with Crippen LogP contribution in [0.3, 0.4) is 0 Å². The number of hydrogen-bond acceptors (Lipinski definition) is 7. The number of rotatable bonds is 5. The smallest absolute Gasteiger partial charge is 0.341 e. The lowest BCUT2D eigenvalue weighted by Gasteiger charge is -2.14. The Labute approximate surface area is 132 Å². The number of benzene rings is 1. The van der Waals surface area contributed by atoms with Gasteiger partial charge in [0.05, 0.1) is 23.5 Å². The number of anilines is 4. The number of carbonyl (C=O) groups excluding carboxylic acids is 2. The molecule has 1 heterocycles. The van der Waals surface area contributed by atoms with Gasteiger partial charge in [-0.15, -0.1) is 0 Å². The predicted molar refractivity (Wildman–Crippen MR) is 87.3 cm³/mol. The largest absolute Gasteiger partial charge is 0.462 e. The molecule has 0 atom stereocenters. The molecular formula is C15H17N5O3. The van der Waals surface area contributed by atoms with Gasteiger partial charge in [-0.25, -0.2) is 9.78 Å². The number of nitrogens with two attached hydrogens (primary N) is 3. The second-order valence-electron chi connectivity index (χ2n) is 4.61. The standard InChI is InChI=1S/C15H17N5O3/c1-2-23-15(22)9-7-8(13(18)21)12(17)20-14(9)19-11-6-4-3-5-10(11)16/h3-7H,2,16H2,1H3,(H2,18,21)(H3,17,19,20). The Morgan fingerprint density at radius 3 is 2.52 bits per heavy atom. The minimum atomic E-state index is -0.786. The van der Waals surface area contributed by atoms with Gasteiger partial charge >= 0.3 is 5.97 Å². The van der Waals surface area contributed by atoms with Crippen LogP contribution in [-0.4, -0.2) is 23.5 Å². The number of nitrogen functional groups attached to an aromatic ring is 2. The highest BCUT2D eigenvalue weighted by Crippen LogP contribution is 2.26. The van der Waals surface area contributed by atoms with Gasteiger partial charge in [0.2, 0.25) is 0 Å². The summed E-state index contributed by atoms with van der Waals surface area (Å²) < 4.78 is 4.97. The van der Waals surface area contributed by atoms with Crippen LogP contribution in [0.15, 0.2) is 30.3 Å². The van der Waals surface area contributed by atoms with E-state index in [1.165, 1.54) is 6.07 Å². The summed E-state index contributed by atoms with van der Waals surface area (Å²) in [5, 5.41) is 2.92. The molecule has 0 radical (unpaired) electrons. The van der Waals surface area contributed by atoms with Crippen molar-refractivity contribution in [1.82, 2.24) is 4.98 Å². The summed E-state index contributed by atoms with van der Waals surface area (Å²) in [7, 11) is 0. The van der Waals surface area contributed by atoms with E-state index in [2.05, 4.69) is 10.3 Å². The van der Waals surface area contributed by atoms with Crippen LogP contribution in [0.5, 0.6) is 0 Å². The molecule has 120 valence electrons. The molecule has 0 aliphatic heterocycles. The summed E-state index contributed by atoms with van der Waals surface area (Å²) in [6.45, 7) is 1.84. The number of esters is 1. The number of nitrogens with zero attached hydrogens (tertiary/aromatic N) is 1. The second kappa shape index (κ2) is 6.65. The fraction of sp³-hybridized carbons (Fsp3) is 0.133. The molecule has 1 amide bonds. The summed E-state index contributed by atoms with van der Waals surface area (Å²) in [4.78, 5) is 27.5. The minimum absolute atomic E-state index is 0.0399. The first-order valence-corrected chi connectivity index (χ1v) is 6.83. The van der Waals surface area contributed by atoms with Crippen molar-refractivity contribution in [1.29, 1.82) is 0 Å². The van der Waals surface area contributed by atoms with E-state index in [1.807, 2.05) is 0 Å². The van der Waals surface area contributed by atoms with E-state index in [0.717, 1.165) is 0 Å². The molecule has 0 aliphatic rings. The van der Waals surface area contributed by atoms with Gasteiger partial charge in [-0.1, -0.05) is 12.1 Å². The molecule has 8 nitrogen and oxygen atoms in total. The molecule has 1 aromatic carbocycles. The number of hydrogen-bond donors (Lipinski definition) is 4. The Hall–Kier alpha value is -3.29. The highest BCUT2D eigenvalue weighted by Gasteiger charge is 2.20. The SMILES string of the molecule is CCOC(=O)c1cc(C(N)=O)c(N)nc1Nc1ccccc1N. The molecule has 0 saturated carbocycles. The predicted octanol–water partition coefficient (Wildman–Crippen LogP) is 1.27. The van der Waals surface area contributed by atoms with Crippen LogP contribution >= 0.6 is 0 Å². The summed E-state index contributed by atoms with van der Waals surface area (Å²) in [5.41, 5.74) is 17.8. The molecule has 23 heavy (non-hydrogen) atoms. The van der Waals surface area contributed by atoms with Crippen LogP contribution < -0.4 is 22.5 Å². The van der Waals surface area contributed by atoms with Crippen LogP contribution in [0.4, 0.5) is 23.0 Å². The van der Waals surface area contributed by atoms with Gasteiger partial charge in [0.25, 0.3) is 5.91 Å². The molecular weight excluding hydrogens is 298 g/mol. The van der Waals surface area contributed by atoms with Crippen LogP contribution in [0.1, 0.15) is 27.6 Å². The van der Waals surface area contributed by atoms with Crippen molar-refractivity contribution in [3.63, 3.8) is 0 Å². The number of amides is 1. The fourth-order valence-electron chi connectivity index (χ4n) is 1.92. The van der Waals surface area contributed by atoms with Crippen LogP contribution in [0.2, 0.25) is 0 Å². The highest BCUT2D eigenvalue weighted by atomic mass is 16.5. The summed E-state index contributed by atoms with van der Waals surface area (Å²) in [6.07, 6.45) is 0. The van der Waals surface area contributed by atoms with Gasteiger partial charge in [0.1, 0.15) is 17.2 Å². The summed E-state index contributed by atoms with van der Waals surface area (Å²) >= 11 is 0. The van der Waals surface area contributed by atoms with Crippen molar-refractivity contribution < 1.29 is 14.3 Å². The van der Waals surface area contributed by atoms with E-state index in [-0.39, 0.29) is 29.4 Å². The maximum Gasteiger partial charge on any atom is 0.341 e. The molecule has 0 spiro atoms. The Bertz CT molecular complexity index is 761. The normalized spacial score (nSPS) is 10.1. The van der Waals surface area contributed by atoms with E-state index < -0.39 is 11.9 Å². The van der Waals surface area contributed by atoms with Gasteiger partial charge in [0.15, 0.2) is 0 Å². The first-order valence-electron chi connectivity index (χ1n) is 6.83. The van der Waals surface area contributed by atoms with E-state index in [0.29, 0.717) is 11.4 Å². The number of primary amides is 1. The number of nitrogens with one attached hydrogen (secondary N) is 1. The second-order valence-corrected chi connectivity index (χ2v) is 4.61. The van der Waals surface area contributed by atoms with Gasteiger partial charge in [-0.3, -0.25) is 4.79 Å². The highest BCUT2D eigenvalue weighted by molar-refractivity contribution is 6.03. The van der Waals surface area contributed by atoms with E-state index in [1.54, 1.807) is 31.2 Å². The van der Waals surface area contributed by atoms with Gasteiger partial charge in [0, 0.05) is 0 Å². The number of pyridine rings is 1. The lowest BCUT2D eigenvalue weighted by atomic mass is 10.1. The van der Waals surface area contributed by atoms with Crippen LogP contribution in [0, 0.1) is 0 Å². The molecule has 2 aromatic rings. The summed E-state index contributed by atoms with van der Waals surface area (Å²) in [6, 6.07) is 8.19. The zero-order chi connectivity index (χ0) is 17.0. The molecule has 7 N–H and O–H groups in total. The topological polar surface area (TPSA) is 146 Å². The van der Waals surface area contributed by atoms with Crippen LogP contribution in [-0.2, 0) is 4.74 Å². The maximum absolute atomic E-state index is 12.1. The third kappa shape index (κ3) is 3.49. The number of para-hydroxylation sites is 2. The van der Waals surface area contributed by atoms with Crippen molar-refractivity contribution in [3.05, 3.63) is 41.5 Å². The quantitative estimate of drug-likeness (QED) is 0.480. The lowest BCUT2D eigenvalue weighted by molar-refractivity contribution is 0.0527. The zero-order valence-corrected chi connectivity index (χ0v) is 12.5. The van der Waals surface area contributed by atoms with Crippen molar-refractivity contribution >= 4 is 34.9 Å². The Morgan fingerprint density at radius 2 is 1.91 bits per heavy atom. The van der Waals surface area contributed by atoms with Crippen molar-refractivity contribution in [3.8, 4) is 0 Å². The van der Waals surface area contributed by atoms with Crippen molar-refractivity contribution in [2.45, 2.75) is 6.92 Å². The first kappa shape index (κ1) is 16.1. The molecule has 0 bridgehead atoms. The minimum Gasteiger partial charge on any atom is -0.462 e.